The topological polar surface area (TPSA) is 103 Å². The number of hydrogen-bond acceptors (Lipinski definition) is 6. The minimum Gasteiger partial charge on any atom is -0.352 e. The second kappa shape index (κ2) is 7.23. The van der Waals surface area contributed by atoms with Gasteiger partial charge in [0.25, 0.3) is 11.6 Å². The summed E-state index contributed by atoms with van der Waals surface area (Å²) in [6, 6.07) is 4.41. The fourth-order valence-electron chi connectivity index (χ4n) is 1.75. The van der Waals surface area contributed by atoms with Crippen molar-refractivity contribution in [3.8, 4) is 0 Å². The average Bonchev–Trinajstić information content (AvgIpc) is 2.90. The molecule has 0 atom stereocenters. The highest BCUT2D eigenvalue weighted by Gasteiger charge is 2.20. The summed E-state index contributed by atoms with van der Waals surface area (Å²) in [6.45, 7) is 4.47. The molecule has 0 unspecified atom stereocenters. The van der Waals surface area contributed by atoms with Gasteiger partial charge < -0.3 is 9.88 Å². The molecule has 0 radical (unpaired) electrons. The average molecular weight is 335 g/mol. The lowest BCUT2D eigenvalue weighted by molar-refractivity contribution is -0.387. The third kappa shape index (κ3) is 4.28. The summed E-state index contributed by atoms with van der Waals surface area (Å²) in [5.41, 5.74) is 0.134. The molecule has 122 valence electrons. The van der Waals surface area contributed by atoms with Gasteiger partial charge in [-0.2, -0.15) is 0 Å². The van der Waals surface area contributed by atoms with Crippen molar-refractivity contribution < 1.29 is 9.72 Å². The van der Waals surface area contributed by atoms with Crippen molar-refractivity contribution >= 4 is 23.4 Å². The molecule has 0 saturated heterocycles. The molecule has 1 aromatic carbocycles. The number of nitrogens with zero attached hydrogens (tertiary/aromatic N) is 4. The second-order valence-electron chi connectivity index (χ2n) is 5.37. The molecule has 1 heterocycles. The van der Waals surface area contributed by atoms with E-state index in [-0.39, 0.29) is 17.2 Å². The molecular formula is C14H17N5O3S. The molecular weight excluding hydrogens is 318 g/mol. The van der Waals surface area contributed by atoms with Gasteiger partial charge in [-0.05, 0) is 29.8 Å². The van der Waals surface area contributed by atoms with Crippen molar-refractivity contribution in [2.75, 3.05) is 6.54 Å². The summed E-state index contributed by atoms with van der Waals surface area (Å²) >= 11 is 1.13. The first-order chi connectivity index (χ1) is 10.9. The maximum Gasteiger partial charge on any atom is 0.284 e. The summed E-state index contributed by atoms with van der Waals surface area (Å²) in [7, 11) is 1.75. The largest absolute Gasteiger partial charge is 0.352 e. The molecule has 0 spiro atoms. The van der Waals surface area contributed by atoms with Crippen molar-refractivity contribution in [2.45, 2.75) is 23.9 Å². The van der Waals surface area contributed by atoms with E-state index in [2.05, 4.69) is 15.5 Å². The Kier molecular flexibility index (Phi) is 5.32. The zero-order valence-corrected chi connectivity index (χ0v) is 13.8. The van der Waals surface area contributed by atoms with Gasteiger partial charge in [0.15, 0.2) is 5.16 Å². The number of aryl methyl sites for hydroxylation is 1. The Hall–Kier alpha value is -2.42. The maximum absolute atomic E-state index is 12.0. The SMILES string of the molecule is CC(C)CNC(=O)c1ccc(Sc2nncn2C)c([N+](=O)[O-])c1. The molecule has 9 heteroatoms. The molecule has 0 aliphatic rings. The molecule has 0 fully saturated rings. The highest BCUT2D eigenvalue weighted by atomic mass is 32.2. The Balaban J connectivity index is 2.26. The molecule has 1 N–H and O–H groups in total. The van der Waals surface area contributed by atoms with Gasteiger partial charge in [-0.25, -0.2) is 0 Å². The Bertz CT molecular complexity index is 729. The van der Waals surface area contributed by atoms with Crippen LogP contribution in [0.1, 0.15) is 24.2 Å². The van der Waals surface area contributed by atoms with Crippen LogP contribution in [0.2, 0.25) is 0 Å². The monoisotopic (exact) mass is 335 g/mol. The first kappa shape index (κ1) is 16.9. The molecule has 1 amide bonds. The van der Waals surface area contributed by atoms with Gasteiger partial charge in [0.05, 0.1) is 9.82 Å². The standard InChI is InChI=1S/C14H17N5O3S/c1-9(2)7-15-13(20)10-4-5-12(11(6-10)19(21)22)23-14-17-16-8-18(14)3/h4-6,8-9H,7H2,1-3H3,(H,15,20). The quantitative estimate of drug-likeness (QED) is 0.641. The number of aromatic nitrogens is 3. The Morgan fingerprint density at radius 3 is 2.78 bits per heavy atom. The van der Waals surface area contributed by atoms with Crippen LogP contribution < -0.4 is 5.32 Å². The van der Waals surface area contributed by atoms with E-state index in [1.807, 2.05) is 13.8 Å². The number of amides is 1. The van der Waals surface area contributed by atoms with Gasteiger partial charge >= 0.3 is 0 Å². The third-order valence-corrected chi connectivity index (χ3v) is 4.08. The molecule has 2 aromatic rings. The summed E-state index contributed by atoms with van der Waals surface area (Å²) in [5, 5.41) is 22.2. The number of carbonyl (C=O) groups is 1. The van der Waals surface area contributed by atoms with Crippen molar-refractivity contribution in [3.05, 3.63) is 40.2 Å². The molecule has 8 nitrogen and oxygen atoms in total. The van der Waals surface area contributed by atoms with Crippen LogP contribution in [0, 0.1) is 16.0 Å². The number of nitro groups is 1. The van der Waals surface area contributed by atoms with Crippen LogP contribution >= 0.6 is 11.8 Å². The number of benzene rings is 1. The summed E-state index contributed by atoms with van der Waals surface area (Å²) in [6.07, 6.45) is 1.52. The van der Waals surface area contributed by atoms with Crippen LogP contribution in [0.3, 0.4) is 0 Å². The zero-order valence-electron chi connectivity index (χ0n) is 13.0. The molecule has 0 aliphatic carbocycles. The fraction of sp³-hybridized carbons (Fsp3) is 0.357. The van der Waals surface area contributed by atoms with Crippen LogP contribution in [-0.2, 0) is 7.05 Å². The highest BCUT2D eigenvalue weighted by molar-refractivity contribution is 7.99. The summed E-state index contributed by atoms with van der Waals surface area (Å²) < 4.78 is 1.66. The molecule has 0 saturated carbocycles. The second-order valence-corrected chi connectivity index (χ2v) is 6.38. The van der Waals surface area contributed by atoms with Gasteiger partial charge in [0, 0.05) is 25.2 Å². The van der Waals surface area contributed by atoms with Crippen LogP contribution in [0.15, 0.2) is 34.6 Å². The van der Waals surface area contributed by atoms with Gasteiger partial charge in [0.2, 0.25) is 0 Å². The highest BCUT2D eigenvalue weighted by Crippen LogP contribution is 2.34. The van der Waals surface area contributed by atoms with Crippen LogP contribution in [0.5, 0.6) is 0 Å². The number of carbonyl (C=O) groups excluding carboxylic acids is 1. The van der Waals surface area contributed by atoms with E-state index in [0.717, 1.165) is 11.8 Å². The molecule has 0 bridgehead atoms. The van der Waals surface area contributed by atoms with Gasteiger partial charge in [0.1, 0.15) is 6.33 Å². The molecule has 2 rings (SSSR count). The van der Waals surface area contributed by atoms with Crippen LogP contribution in [0.25, 0.3) is 0 Å². The van der Waals surface area contributed by atoms with E-state index in [0.29, 0.717) is 22.5 Å². The summed E-state index contributed by atoms with van der Waals surface area (Å²) in [4.78, 5) is 23.2. The first-order valence-corrected chi connectivity index (χ1v) is 7.78. The Labute approximate surface area is 137 Å². The maximum atomic E-state index is 12.0. The molecule has 0 aliphatic heterocycles. The minimum absolute atomic E-state index is 0.129. The van der Waals surface area contributed by atoms with Crippen LogP contribution in [-0.4, -0.2) is 32.1 Å². The number of hydrogen-bond donors (Lipinski definition) is 1. The minimum atomic E-state index is -0.502. The van der Waals surface area contributed by atoms with E-state index in [4.69, 9.17) is 0 Å². The lowest BCUT2D eigenvalue weighted by Crippen LogP contribution is -2.27. The predicted molar refractivity (Wildman–Crippen MR) is 85.4 cm³/mol. The normalized spacial score (nSPS) is 10.8. The Morgan fingerprint density at radius 1 is 1.48 bits per heavy atom. The number of rotatable bonds is 6. The van der Waals surface area contributed by atoms with Gasteiger partial charge in [-0.15, -0.1) is 10.2 Å². The van der Waals surface area contributed by atoms with E-state index < -0.39 is 4.92 Å². The predicted octanol–water partition coefficient (Wildman–Crippen LogP) is 2.26. The first-order valence-electron chi connectivity index (χ1n) is 6.97. The molecule has 23 heavy (non-hydrogen) atoms. The number of nitro benzene ring substituents is 1. The van der Waals surface area contributed by atoms with E-state index in [1.165, 1.54) is 12.4 Å². The van der Waals surface area contributed by atoms with E-state index >= 15 is 0 Å². The van der Waals surface area contributed by atoms with E-state index in [9.17, 15) is 14.9 Å². The van der Waals surface area contributed by atoms with Gasteiger partial charge in [-0.1, -0.05) is 13.8 Å². The van der Waals surface area contributed by atoms with E-state index in [1.54, 1.807) is 23.7 Å². The van der Waals surface area contributed by atoms with Crippen molar-refractivity contribution in [1.82, 2.24) is 20.1 Å². The van der Waals surface area contributed by atoms with Crippen LogP contribution in [0.4, 0.5) is 5.69 Å². The molecule has 1 aromatic heterocycles. The summed E-state index contributed by atoms with van der Waals surface area (Å²) in [5.74, 6) is -0.0170. The van der Waals surface area contributed by atoms with Crippen molar-refractivity contribution in [1.29, 1.82) is 0 Å². The fourth-order valence-corrected chi connectivity index (χ4v) is 2.60. The van der Waals surface area contributed by atoms with Gasteiger partial charge in [-0.3, -0.25) is 14.9 Å². The zero-order chi connectivity index (χ0) is 17.0. The lowest BCUT2D eigenvalue weighted by atomic mass is 10.1. The third-order valence-electron chi connectivity index (χ3n) is 2.96. The smallest absolute Gasteiger partial charge is 0.284 e. The lowest BCUT2D eigenvalue weighted by Gasteiger charge is -2.08. The van der Waals surface area contributed by atoms with Crippen molar-refractivity contribution in [2.24, 2.45) is 13.0 Å². The number of nitrogens with one attached hydrogen (secondary N) is 1. The van der Waals surface area contributed by atoms with Crippen molar-refractivity contribution in [3.63, 3.8) is 0 Å². The Morgan fingerprint density at radius 2 is 2.22 bits per heavy atom.